The number of hydrogen-bond acceptors (Lipinski definition) is 6. The minimum absolute atomic E-state index is 0.0605. The third-order valence-corrected chi connectivity index (χ3v) is 4.47. The smallest absolute Gasteiger partial charge is 0.338 e. The van der Waals surface area contributed by atoms with E-state index in [-0.39, 0.29) is 18.8 Å². The highest BCUT2D eigenvalue weighted by Crippen LogP contribution is 2.37. The van der Waals surface area contributed by atoms with Crippen molar-refractivity contribution in [3.63, 3.8) is 0 Å². The molecule has 0 saturated heterocycles. The van der Waals surface area contributed by atoms with Crippen LogP contribution in [0.4, 0.5) is 5.69 Å². The van der Waals surface area contributed by atoms with Crippen molar-refractivity contribution in [2.45, 2.75) is 6.92 Å². The number of methoxy groups -OCH3 is 1. The van der Waals surface area contributed by atoms with Crippen molar-refractivity contribution < 1.29 is 23.8 Å². The van der Waals surface area contributed by atoms with Crippen LogP contribution in [0.1, 0.15) is 22.8 Å². The average Bonchev–Trinajstić information content (AvgIpc) is 2.76. The summed E-state index contributed by atoms with van der Waals surface area (Å²) >= 11 is 3.38. The van der Waals surface area contributed by atoms with Gasteiger partial charge in [-0.25, -0.2) is 4.79 Å². The number of terminal acetylenes is 1. The molecule has 8 heteroatoms. The number of hydrogen-bond donors (Lipinski definition) is 1. The molecule has 158 valence electrons. The van der Waals surface area contributed by atoms with Crippen LogP contribution in [0.25, 0.3) is 6.08 Å². The van der Waals surface area contributed by atoms with Crippen molar-refractivity contribution in [1.82, 2.24) is 0 Å². The molecule has 0 heterocycles. The van der Waals surface area contributed by atoms with Crippen LogP contribution in [-0.2, 0) is 9.53 Å². The van der Waals surface area contributed by atoms with Crippen molar-refractivity contribution >= 4 is 39.6 Å². The molecule has 0 aliphatic carbocycles. The van der Waals surface area contributed by atoms with Gasteiger partial charge in [-0.1, -0.05) is 5.92 Å². The summed E-state index contributed by atoms with van der Waals surface area (Å²) in [7, 11) is 1.47. The van der Waals surface area contributed by atoms with Crippen LogP contribution >= 0.6 is 15.9 Å². The summed E-state index contributed by atoms with van der Waals surface area (Å²) in [4.78, 5) is 24.2. The van der Waals surface area contributed by atoms with Crippen molar-refractivity contribution in [3.05, 3.63) is 57.6 Å². The predicted octanol–water partition coefficient (Wildman–Crippen LogP) is 4.19. The Balaban J connectivity index is 2.22. The number of esters is 1. The molecule has 2 rings (SSSR count). The van der Waals surface area contributed by atoms with Gasteiger partial charge >= 0.3 is 5.97 Å². The van der Waals surface area contributed by atoms with E-state index in [9.17, 15) is 14.9 Å². The molecule has 0 radical (unpaired) electrons. The summed E-state index contributed by atoms with van der Waals surface area (Å²) in [6, 6.07) is 11.3. The Kier molecular flexibility index (Phi) is 8.68. The standard InChI is InChI=1S/C23H19BrN2O5/c1-4-10-31-21-19(24)12-15(13-20(21)29-3)11-17(14-25)22(27)26-18-8-6-16(7-9-18)23(28)30-5-2/h1,6-9,11-13H,5,10H2,2-3H3,(H,26,27)/b17-11+. The van der Waals surface area contributed by atoms with Crippen molar-refractivity contribution in [2.24, 2.45) is 0 Å². The van der Waals surface area contributed by atoms with Crippen LogP contribution in [0.2, 0.25) is 0 Å². The first kappa shape index (κ1) is 23.5. The molecule has 0 atom stereocenters. The molecule has 0 bridgehead atoms. The number of nitrogens with zero attached hydrogens (tertiary/aromatic N) is 1. The van der Waals surface area contributed by atoms with E-state index in [0.717, 1.165) is 0 Å². The first-order chi connectivity index (χ1) is 14.9. The molecule has 0 aromatic heterocycles. The summed E-state index contributed by atoms with van der Waals surface area (Å²) in [5, 5.41) is 12.1. The number of nitriles is 1. The topological polar surface area (TPSA) is 97.7 Å². The second kappa shape index (κ2) is 11.4. The van der Waals surface area contributed by atoms with Crippen LogP contribution < -0.4 is 14.8 Å². The first-order valence-electron chi connectivity index (χ1n) is 9.07. The highest BCUT2D eigenvalue weighted by Gasteiger charge is 2.14. The molecule has 0 saturated carbocycles. The molecule has 0 aliphatic rings. The molecular formula is C23H19BrN2O5. The summed E-state index contributed by atoms with van der Waals surface area (Å²) in [6.45, 7) is 2.05. The minimum Gasteiger partial charge on any atom is -0.493 e. The molecule has 2 aromatic carbocycles. The van der Waals surface area contributed by atoms with Crippen molar-refractivity contribution in [3.8, 4) is 29.9 Å². The maximum atomic E-state index is 12.5. The molecule has 0 aliphatic heterocycles. The second-order valence-corrected chi connectivity index (χ2v) is 6.80. The third kappa shape index (κ3) is 6.36. The molecule has 1 N–H and O–H groups in total. The lowest BCUT2D eigenvalue weighted by Gasteiger charge is -2.12. The van der Waals surface area contributed by atoms with Crippen LogP contribution in [0.15, 0.2) is 46.4 Å². The quantitative estimate of drug-likeness (QED) is 0.262. The number of rotatable bonds is 8. The van der Waals surface area contributed by atoms with E-state index in [1.807, 2.05) is 6.07 Å². The third-order valence-electron chi connectivity index (χ3n) is 3.88. The van der Waals surface area contributed by atoms with E-state index in [1.165, 1.54) is 25.3 Å². The van der Waals surface area contributed by atoms with Crippen LogP contribution in [-0.4, -0.2) is 32.2 Å². The van der Waals surface area contributed by atoms with E-state index >= 15 is 0 Å². The van der Waals surface area contributed by atoms with Gasteiger partial charge in [0.15, 0.2) is 11.5 Å². The Morgan fingerprint density at radius 2 is 1.97 bits per heavy atom. The zero-order chi connectivity index (χ0) is 22.8. The molecule has 2 aromatic rings. The van der Waals surface area contributed by atoms with Crippen LogP contribution in [0.3, 0.4) is 0 Å². The maximum Gasteiger partial charge on any atom is 0.338 e. The number of ether oxygens (including phenoxy) is 3. The Morgan fingerprint density at radius 3 is 2.55 bits per heavy atom. The van der Waals surface area contributed by atoms with Gasteiger partial charge in [0.2, 0.25) is 0 Å². The molecule has 31 heavy (non-hydrogen) atoms. The van der Waals surface area contributed by atoms with Crippen molar-refractivity contribution in [2.75, 3.05) is 25.6 Å². The summed E-state index contributed by atoms with van der Waals surface area (Å²) < 4.78 is 16.2. The zero-order valence-electron chi connectivity index (χ0n) is 16.9. The number of halogens is 1. The Morgan fingerprint density at radius 1 is 1.26 bits per heavy atom. The van der Waals surface area contributed by atoms with Gasteiger partial charge in [-0.05, 0) is 70.9 Å². The van der Waals surface area contributed by atoms with Gasteiger partial charge in [0.05, 0.1) is 23.8 Å². The Hall–Kier alpha value is -3.75. The number of carbonyl (C=O) groups is 2. The normalized spacial score (nSPS) is 10.4. The lowest BCUT2D eigenvalue weighted by molar-refractivity contribution is -0.112. The molecule has 0 spiro atoms. The number of nitrogens with one attached hydrogen (secondary N) is 1. The molecule has 0 fully saturated rings. The SMILES string of the molecule is C#CCOc1c(Br)cc(/C=C(\C#N)C(=O)Nc2ccc(C(=O)OCC)cc2)cc1OC. The lowest BCUT2D eigenvalue weighted by Crippen LogP contribution is -2.13. The largest absolute Gasteiger partial charge is 0.493 e. The summed E-state index contributed by atoms with van der Waals surface area (Å²) in [5.74, 6) is 2.13. The van der Waals surface area contributed by atoms with Crippen LogP contribution in [0, 0.1) is 23.7 Å². The summed E-state index contributed by atoms with van der Waals surface area (Å²) in [5.41, 5.74) is 1.21. The van der Waals surface area contributed by atoms with Gasteiger partial charge in [0.1, 0.15) is 18.2 Å². The van der Waals surface area contributed by atoms with Gasteiger partial charge in [-0.3, -0.25) is 4.79 Å². The number of anilines is 1. The monoisotopic (exact) mass is 482 g/mol. The fraction of sp³-hybridized carbons (Fsp3) is 0.174. The number of benzene rings is 2. The van der Waals surface area contributed by atoms with E-state index in [1.54, 1.807) is 31.2 Å². The number of carbonyl (C=O) groups excluding carboxylic acids is 2. The minimum atomic E-state index is -0.603. The maximum absolute atomic E-state index is 12.5. The fourth-order valence-electron chi connectivity index (χ4n) is 2.49. The van der Waals surface area contributed by atoms with Gasteiger partial charge in [-0.2, -0.15) is 5.26 Å². The Bertz CT molecular complexity index is 1080. The van der Waals surface area contributed by atoms with Crippen LogP contribution in [0.5, 0.6) is 11.5 Å². The zero-order valence-corrected chi connectivity index (χ0v) is 18.5. The number of amides is 1. The lowest BCUT2D eigenvalue weighted by atomic mass is 10.1. The van der Waals surface area contributed by atoms with Gasteiger partial charge < -0.3 is 19.5 Å². The van der Waals surface area contributed by atoms with Gasteiger partial charge in [0.25, 0.3) is 5.91 Å². The molecule has 1 amide bonds. The fourth-order valence-corrected chi connectivity index (χ4v) is 3.07. The van der Waals surface area contributed by atoms with E-state index in [4.69, 9.17) is 20.6 Å². The first-order valence-corrected chi connectivity index (χ1v) is 9.86. The van der Waals surface area contributed by atoms with E-state index < -0.39 is 11.9 Å². The van der Waals surface area contributed by atoms with E-state index in [0.29, 0.717) is 32.8 Å². The highest BCUT2D eigenvalue weighted by atomic mass is 79.9. The van der Waals surface area contributed by atoms with E-state index in [2.05, 4.69) is 27.2 Å². The Labute approximate surface area is 188 Å². The van der Waals surface area contributed by atoms with Gasteiger partial charge in [0, 0.05) is 5.69 Å². The molecule has 7 nitrogen and oxygen atoms in total. The summed E-state index contributed by atoms with van der Waals surface area (Å²) in [6.07, 6.45) is 6.64. The average molecular weight is 483 g/mol. The van der Waals surface area contributed by atoms with Crippen molar-refractivity contribution in [1.29, 1.82) is 5.26 Å². The van der Waals surface area contributed by atoms with Gasteiger partial charge in [-0.15, -0.1) is 6.42 Å². The molecule has 0 unspecified atom stereocenters. The predicted molar refractivity (Wildman–Crippen MR) is 120 cm³/mol. The molecular weight excluding hydrogens is 464 g/mol. The highest BCUT2D eigenvalue weighted by molar-refractivity contribution is 9.10. The second-order valence-electron chi connectivity index (χ2n) is 5.95.